The number of anilines is 1. The van der Waals surface area contributed by atoms with Gasteiger partial charge in [-0.3, -0.25) is 4.79 Å². The Hall–Kier alpha value is -1.63. The molecule has 2 N–H and O–H groups in total. The normalized spacial score (nSPS) is 12.2. The molecule has 0 saturated heterocycles. The van der Waals surface area contributed by atoms with E-state index >= 15 is 0 Å². The number of aliphatic carboxylic acids is 1. The molecule has 1 aromatic rings. The number of carboxylic acid groups (broad SMARTS) is 1. The Kier molecular flexibility index (Phi) is 4.52. The van der Waals surface area contributed by atoms with Crippen LogP contribution in [0.1, 0.15) is 27.2 Å². The van der Waals surface area contributed by atoms with E-state index in [-0.39, 0.29) is 18.0 Å². The Morgan fingerprint density at radius 3 is 2.42 bits per heavy atom. The Labute approximate surface area is 112 Å². The maximum Gasteiger partial charge on any atom is 0.305 e. The molecule has 1 rings (SSSR count). The lowest BCUT2D eigenvalue weighted by atomic mass is 10.3. The Bertz CT molecular complexity index is 544. The summed E-state index contributed by atoms with van der Waals surface area (Å²) in [6.07, 6.45) is 1.38. The molecule has 0 atom stereocenters. The van der Waals surface area contributed by atoms with Gasteiger partial charge in [0.2, 0.25) is 0 Å². The highest BCUT2D eigenvalue weighted by Gasteiger charge is 2.31. The van der Waals surface area contributed by atoms with Gasteiger partial charge in [-0.25, -0.2) is 13.4 Å². The molecule has 19 heavy (non-hydrogen) atoms. The Morgan fingerprint density at radius 2 is 2.00 bits per heavy atom. The standard InChI is InChI=1S/C12H18N2O4S/c1-12(2,3)19(17,18)10-5-4-9(8-14-10)13-7-6-11(15)16/h4-5,8,13H,6-7H2,1-3H3,(H,15,16). The average molecular weight is 286 g/mol. The number of nitrogens with zero attached hydrogens (tertiary/aromatic N) is 1. The summed E-state index contributed by atoms with van der Waals surface area (Å²) in [5.74, 6) is -0.896. The zero-order valence-electron chi connectivity index (χ0n) is 11.2. The Balaban J connectivity index is 2.80. The van der Waals surface area contributed by atoms with Crippen LogP contribution in [0.15, 0.2) is 23.4 Å². The van der Waals surface area contributed by atoms with E-state index in [0.29, 0.717) is 5.69 Å². The number of carbonyl (C=O) groups is 1. The second-order valence-corrected chi connectivity index (χ2v) is 7.72. The molecule has 0 unspecified atom stereocenters. The van der Waals surface area contributed by atoms with Crippen molar-refractivity contribution in [3.05, 3.63) is 18.3 Å². The minimum absolute atomic E-state index is 0.0119. The maximum absolute atomic E-state index is 12.1. The third-order valence-electron chi connectivity index (χ3n) is 2.49. The first-order valence-corrected chi connectivity index (χ1v) is 7.29. The van der Waals surface area contributed by atoms with Gasteiger partial charge < -0.3 is 10.4 Å². The van der Waals surface area contributed by atoms with Crippen molar-refractivity contribution in [2.45, 2.75) is 37.0 Å². The van der Waals surface area contributed by atoms with Gasteiger partial charge in [0.05, 0.1) is 23.1 Å². The first kappa shape index (κ1) is 15.4. The molecule has 0 aromatic carbocycles. The van der Waals surface area contributed by atoms with Crippen LogP contribution in [0.3, 0.4) is 0 Å². The highest BCUT2D eigenvalue weighted by atomic mass is 32.2. The van der Waals surface area contributed by atoms with Crippen LogP contribution < -0.4 is 5.32 Å². The molecular weight excluding hydrogens is 268 g/mol. The first-order valence-electron chi connectivity index (χ1n) is 5.81. The summed E-state index contributed by atoms with van der Waals surface area (Å²) in [6.45, 7) is 5.11. The predicted molar refractivity (Wildman–Crippen MR) is 71.9 cm³/mol. The van der Waals surface area contributed by atoms with Crippen molar-refractivity contribution < 1.29 is 18.3 Å². The number of carboxylic acids is 1. The van der Waals surface area contributed by atoms with E-state index in [9.17, 15) is 13.2 Å². The van der Waals surface area contributed by atoms with Gasteiger partial charge >= 0.3 is 5.97 Å². The highest BCUT2D eigenvalue weighted by molar-refractivity contribution is 7.92. The summed E-state index contributed by atoms with van der Waals surface area (Å²) in [5.41, 5.74) is 0.592. The van der Waals surface area contributed by atoms with E-state index in [1.165, 1.54) is 12.3 Å². The molecule has 0 bridgehead atoms. The number of nitrogens with one attached hydrogen (secondary N) is 1. The smallest absolute Gasteiger partial charge is 0.305 e. The van der Waals surface area contributed by atoms with Crippen LogP contribution in [0.25, 0.3) is 0 Å². The molecule has 1 aromatic heterocycles. The number of pyridine rings is 1. The van der Waals surface area contributed by atoms with Crippen LogP contribution in [0.2, 0.25) is 0 Å². The quantitative estimate of drug-likeness (QED) is 0.852. The molecule has 0 aliphatic rings. The first-order chi connectivity index (χ1) is 8.64. The summed E-state index contributed by atoms with van der Waals surface area (Å²) in [5, 5.41) is 11.4. The van der Waals surface area contributed by atoms with Gasteiger partial charge in [-0.2, -0.15) is 0 Å². The van der Waals surface area contributed by atoms with Crippen LogP contribution >= 0.6 is 0 Å². The van der Waals surface area contributed by atoms with Crippen LogP contribution in [0.5, 0.6) is 0 Å². The number of hydrogen-bond acceptors (Lipinski definition) is 5. The molecule has 0 spiro atoms. The fourth-order valence-corrected chi connectivity index (χ4v) is 2.34. The van der Waals surface area contributed by atoms with Gasteiger partial charge in [-0.1, -0.05) is 0 Å². The second kappa shape index (κ2) is 5.56. The number of sulfone groups is 1. The van der Waals surface area contributed by atoms with E-state index in [1.807, 2.05) is 0 Å². The number of rotatable bonds is 5. The largest absolute Gasteiger partial charge is 0.481 e. The van der Waals surface area contributed by atoms with Gasteiger partial charge in [0.25, 0.3) is 0 Å². The van der Waals surface area contributed by atoms with Crippen molar-refractivity contribution in [2.75, 3.05) is 11.9 Å². The third kappa shape index (κ3) is 3.92. The number of aromatic nitrogens is 1. The lowest BCUT2D eigenvalue weighted by Crippen LogP contribution is -2.28. The van der Waals surface area contributed by atoms with Crippen molar-refractivity contribution in [3.8, 4) is 0 Å². The molecule has 6 nitrogen and oxygen atoms in total. The predicted octanol–water partition coefficient (Wildman–Crippen LogP) is 1.54. The molecule has 0 aliphatic carbocycles. The SMILES string of the molecule is CC(C)(C)S(=O)(=O)c1ccc(NCCC(=O)O)cn1. The van der Waals surface area contributed by atoms with Crippen molar-refractivity contribution in [1.29, 1.82) is 0 Å². The van der Waals surface area contributed by atoms with Crippen LogP contribution in [-0.2, 0) is 14.6 Å². The second-order valence-electron chi connectivity index (χ2n) is 5.07. The third-order valence-corrected chi connectivity index (χ3v) is 4.89. The summed E-state index contributed by atoms with van der Waals surface area (Å²) in [4.78, 5) is 14.3. The zero-order chi connectivity index (χ0) is 14.7. The van der Waals surface area contributed by atoms with E-state index < -0.39 is 20.6 Å². The molecule has 0 saturated carbocycles. The summed E-state index contributed by atoms with van der Waals surface area (Å²) >= 11 is 0. The fourth-order valence-electron chi connectivity index (χ4n) is 1.27. The lowest BCUT2D eigenvalue weighted by Gasteiger charge is -2.18. The van der Waals surface area contributed by atoms with E-state index in [2.05, 4.69) is 10.3 Å². The van der Waals surface area contributed by atoms with Crippen molar-refractivity contribution >= 4 is 21.5 Å². The van der Waals surface area contributed by atoms with E-state index in [4.69, 9.17) is 5.11 Å². The minimum atomic E-state index is -3.46. The Morgan fingerprint density at radius 1 is 1.37 bits per heavy atom. The van der Waals surface area contributed by atoms with Crippen LogP contribution in [0.4, 0.5) is 5.69 Å². The van der Waals surface area contributed by atoms with Crippen molar-refractivity contribution in [3.63, 3.8) is 0 Å². The molecule has 0 fully saturated rings. The van der Waals surface area contributed by atoms with Crippen molar-refractivity contribution in [2.24, 2.45) is 0 Å². The van der Waals surface area contributed by atoms with Crippen LogP contribution in [0, 0.1) is 0 Å². The summed E-state index contributed by atoms with van der Waals surface area (Å²) in [6, 6.07) is 3.00. The minimum Gasteiger partial charge on any atom is -0.481 e. The van der Waals surface area contributed by atoms with Crippen LogP contribution in [-0.4, -0.2) is 35.8 Å². The molecule has 0 aliphatic heterocycles. The van der Waals surface area contributed by atoms with Gasteiger partial charge in [-0.15, -0.1) is 0 Å². The van der Waals surface area contributed by atoms with E-state index in [1.54, 1.807) is 26.8 Å². The molecule has 7 heteroatoms. The molecule has 0 radical (unpaired) electrons. The van der Waals surface area contributed by atoms with Gasteiger partial charge in [0.1, 0.15) is 0 Å². The van der Waals surface area contributed by atoms with Gasteiger partial charge in [0, 0.05) is 6.54 Å². The van der Waals surface area contributed by atoms with Gasteiger partial charge in [0.15, 0.2) is 14.9 Å². The molecule has 0 amide bonds. The fraction of sp³-hybridized carbons (Fsp3) is 0.500. The lowest BCUT2D eigenvalue weighted by molar-refractivity contribution is -0.136. The molecule has 106 valence electrons. The molecule has 1 heterocycles. The highest BCUT2D eigenvalue weighted by Crippen LogP contribution is 2.23. The topological polar surface area (TPSA) is 96.4 Å². The monoisotopic (exact) mass is 286 g/mol. The van der Waals surface area contributed by atoms with E-state index in [0.717, 1.165) is 0 Å². The zero-order valence-corrected chi connectivity index (χ0v) is 12.0. The summed E-state index contributed by atoms with van der Waals surface area (Å²) < 4.78 is 23.3. The molecular formula is C12H18N2O4S. The number of hydrogen-bond donors (Lipinski definition) is 2. The van der Waals surface area contributed by atoms with Gasteiger partial charge in [-0.05, 0) is 32.9 Å². The average Bonchev–Trinajstić information content (AvgIpc) is 2.27. The summed E-state index contributed by atoms with van der Waals surface area (Å²) in [7, 11) is -3.46. The van der Waals surface area contributed by atoms with Crippen molar-refractivity contribution in [1.82, 2.24) is 4.98 Å². The maximum atomic E-state index is 12.1.